The first-order chi connectivity index (χ1) is 12.3. The normalized spacial score (nSPS) is 28.6. The minimum atomic E-state index is -1.64. The number of esters is 1. The zero-order valence-corrected chi connectivity index (χ0v) is 15.2. The maximum absolute atomic E-state index is 13.0. The molecule has 0 spiro atoms. The fourth-order valence-electron chi connectivity index (χ4n) is 4.48. The molecule has 1 aromatic rings. The van der Waals surface area contributed by atoms with Crippen LogP contribution in [0.4, 0.5) is 0 Å². The average molecular weight is 361 g/mol. The lowest BCUT2D eigenvalue weighted by atomic mass is 9.80. The van der Waals surface area contributed by atoms with E-state index < -0.39 is 17.5 Å². The third kappa shape index (κ3) is 3.76. The summed E-state index contributed by atoms with van der Waals surface area (Å²) < 4.78 is 5.99. The van der Waals surface area contributed by atoms with Crippen LogP contribution in [0.2, 0.25) is 0 Å². The number of carbonyl (C=O) groups is 2. The number of likely N-dealkylation sites (N-methyl/N-ethyl adjacent to an activating group) is 1. The van der Waals surface area contributed by atoms with Gasteiger partial charge in [-0.25, -0.2) is 4.79 Å². The van der Waals surface area contributed by atoms with Crippen LogP contribution in [0.5, 0.6) is 0 Å². The van der Waals surface area contributed by atoms with Crippen LogP contribution in [0.1, 0.15) is 37.7 Å². The summed E-state index contributed by atoms with van der Waals surface area (Å²) in [5.74, 6) is -1.86. The smallest absolute Gasteiger partial charge is 0.343 e. The van der Waals surface area contributed by atoms with Crippen LogP contribution < -0.4 is 5.11 Å². The van der Waals surface area contributed by atoms with Crippen molar-refractivity contribution in [3.05, 3.63) is 35.9 Å². The highest BCUT2D eigenvalue weighted by Gasteiger charge is 2.49. The van der Waals surface area contributed by atoms with Gasteiger partial charge in [-0.15, -0.1) is 0 Å². The van der Waals surface area contributed by atoms with Crippen molar-refractivity contribution in [2.75, 3.05) is 26.7 Å². The summed E-state index contributed by atoms with van der Waals surface area (Å²) in [6, 6.07) is 9.01. The zero-order chi connectivity index (χ0) is 18.8. The van der Waals surface area contributed by atoms with Gasteiger partial charge in [-0.2, -0.15) is 0 Å². The molecule has 2 fully saturated rings. The van der Waals surface area contributed by atoms with Gasteiger partial charge in [0.15, 0.2) is 11.7 Å². The Morgan fingerprint density at radius 2 is 1.88 bits per heavy atom. The Morgan fingerprint density at radius 1 is 1.23 bits per heavy atom. The van der Waals surface area contributed by atoms with Crippen LogP contribution in [0.15, 0.2) is 30.3 Å². The van der Waals surface area contributed by atoms with Crippen LogP contribution in [0.3, 0.4) is 0 Å². The quantitative estimate of drug-likeness (QED) is 0.592. The van der Waals surface area contributed by atoms with E-state index in [2.05, 4.69) is 0 Å². The average Bonchev–Trinajstić information content (AvgIpc) is 3.25. The Kier molecular flexibility index (Phi) is 5.34. The maximum atomic E-state index is 13.0. The highest BCUT2D eigenvalue weighted by Crippen LogP contribution is 2.42. The van der Waals surface area contributed by atoms with Crippen LogP contribution in [0, 0.1) is 5.92 Å². The number of aliphatic carboxylic acids is 1. The molecule has 1 aliphatic heterocycles. The number of hydrogen-bond donors (Lipinski definition) is 1. The summed E-state index contributed by atoms with van der Waals surface area (Å²) in [4.78, 5) is 24.0. The summed E-state index contributed by atoms with van der Waals surface area (Å²) in [5, 5.41) is 22.3. The predicted octanol–water partition coefficient (Wildman–Crippen LogP) is 0.576. The number of nitrogens with zero attached hydrogens (tertiary/aromatic N) is 1. The Balaban J connectivity index is 1.76. The Labute approximate surface area is 154 Å². The predicted molar refractivity (Wildman–Crippen MR) is 92.6 cm³/mol. The summed E-state index contributed by atoms with van der Waals surface area (Å²) in [5.41, 5.74) is -1.07. The van der Waals surface area contributed by atoms with E-state index in [1.54, 1.807) is 12.1 Å². The summed E-state index contributed by atoms with van der Waals surface area (Å²) in [6.07, 6.45) is 3.79. The van der Waals surface area contributed by atoms with Crippen molar-refractivity contribution in [2.45, 2.75) is 43.8 Å². The lowest BCUT2D eigenvalue weighted by molar-refractivity contribution is -0.893. The minimum absolute atomic E-state index is 0.0976. The Hall–Kier alpha value is -1.92. The number of carboxylic acid groups (broad SMARTS) is 1. The van der Waals surface area contributed by atoms with Gasteiger partial charge in [0.2, 0.25) is 0 Å². The van der Waals surface area contributed by atoms with E-state index in [9.17, 15) is 19.8 Å². The number of hydrogen-bond acceptors (Lipinski definition) is 5. The molecular formula is C20H27NO5. The molecule has 0 bridgehead atoms. The summed E-state index contributed by atoms with van der Waals surface area (Å²) in [7, 11) is 1.82. The molecule has 1 saturated heterocycles. The molecule has 1 N–H and O–H groups in total. The molecule has 1 unspecified atom stereocenters. The van der Waals surface area contributed by atoms with Crippen LogP contribution in [0.25, 0.3) is 0 Å². The Morgan fingerprint density at radius 3 is 2.50 bits per heavy atom. The highest BCUT2D eigenvalue weighted by atomic mass is 16.6. The van der Waals surface area contributed by atoms with Crippen molar-refractivity contribution >= 4 is 11.9 Å². The topological polar surface area (TPSA) is 86.7 Å². The SMILES string of the molecule is C[N+]1(CC(=O)[O-])CC[C@@H](OC(=O)[C@](O)(c2ccccc2)C2CCCC2)C1. The third-order valence-corrected chi connectivity index (χ3v) is 5.89. The monoisotopic (exact) mass is 361 g/mol. The number of carbonyl (C=O) groups excluding carboxylic acids is 2. The van der Waals surface area contributed by atoms with Gasteiger partial charge >= 0.3 is 5.97 Å². The van der Waals surface area contributed by atoms with Crippen molar-refractivity contribution in [3.63, 3.8) is 0 Å². The van der Waals surface area contributed by atoms with Crippen molar-refractivity contribution in [2.24, 2.45) is 5.92 Å². The fourth-order valence-corrected chi connectivity index (χ4v) is 4.48. The van der Waals surface area contributed by atoms with E-state index in [1.165, 1.54) is 0 Å². The van der Waals surface area contributed by atoms with Gasteiger partial charge in [-0.3, -0.25) is 0 Å². The van der Waals surface area contributed by atoms with Gasteiger partial charge in [0.1, 0.15) is 13.1 Å². The highest BCUT2D eigenvalue weighted by molar-refractivity contribution is 5.81. The number of rotatable bonds is 6. The van der Waals surface area contributed by atoms with E-state index in [1.807, 2.05) is 25.2 Å². The number of aliphatic hydroxyl groups is 1. The Bertz CT molecular complexity index is 657. The fraction of sp³-hybridized carbons (Fsp3) is 0.600. The molecule has 1 aliphatic carbocycles. The largest absolute Gasteiger partial charge is 0.544 e. The molecule has 1 aromatic carbocycles. The molecule has 6 heteroatoms. The van der Waals surface area contributed by atoms with Gasteiger partial charge in [-0.05, 0) is 18.4 Å². The first kappa shape index (κ1) is 18.9. The van der Waals surface area contributed by atoms with Crippen molar-refractivity contribution in [3.8, 4) is 0 Å². The second-order valence-corrected chi connectivity index (χ2v) is 7.99. The molecule has 3 atom stereocenters. The minimum Gasteiger partial charge on any atom is -0.544 e. The van der Waals surface area contributed by atoms with Gasteiger partial charge < -0.3 is 24.2 Å². The molecule has 1 heterocycles. The maximum Gasteiger partial charge on any atom is 0.343 e. The van der Waals surface area contributed by atoms with E-state index in [-0.39, 0.29) is 23.0 Å². The lowest BCUT2D eigenvalue weighted by Gasteiger charge is -2.33. The van der Waals surface area contributed by atoms with Gasteiger partial charge in [-0.1, -0.05) is 43.2 Å². The molecule has 0 radical (unpaired) electrons. The molecule has 0 aromatic heterocycles. The molecule has 142 valence electrons. The molecule has 2 aliphatic rings. The van der Waals surface area contributed by atoms with Crippen molar-refractivity contribution < 1.29 is 29.0 Å². The summed E-state index contributed by atoms with van der Waals surface area (Å²) in [6.45, 7) is 0.938. The lowest BCUT2D eigenvalue weighted by Crippen LogP contribution is -2.51. The number of likely N-dealkylation sites (tertiary alicyclic amines) is 1. The van der Waals surface area contributed by atoms with Gasteiger partial charge in [0.05, 0.1) is 19.6 Å². The first-order valence-electron chi connectivity index (χ1n) is 9.36. The van der Waals surface area contributed by atoms with E-state index >= 15 is 0 Å². The standard InChI is InChI=1S/C20H27NO5/c1-21(14-18(22)23)12-11-17(13-21)26-19(24)20(25,16-9-5-6-10-16)15-7-3-2-4-8-15/h2-4,7-8,16-17,25H,5-6,9-14H2,1H3/t17-,20+,21?/m1/s1. The molecule has 1 saturated carbocycles. The van der Waals surface area contributed by atoms with E-state index in [4.69, 9.17) is 4.74 Å². The van der Waals surface area contributed by atoms with Gasteiger partial charge in [0.25, 0.3) is 0 Å². The number of benzene rings is 1. The van der Waals surface area contributed by atoms with Crippen LogP contribution >= 0.6 is 0 Å². The second kappa shape index (κ2) is 7.37. The van der Waals surface area contributed by atoms with Crippen LogP contribution in [-0.4, -0.2) is 54.3 Å². The second-order valence-electron chi connectivity index (χ2n) is 7.99. The number of quaternary nitrogens is 1. The molecular weight excluding hydrogens is 334 g/mol. The van der Waals surface area contributed by atoms with Crippen molar-refractivity contribution in [1.29, 1.82) is 0 Å². The van der Waals surface area contributed by atoms with E-state index in [0.717, 1.165) is 25.7 Å². The zero-order valence-electron chi connectivity index (χ0n) is 15.2. The van der Waals surface area contributed by atoms with Gasteiger partial charge in [0, 0.05) is 12.3 Å². The van der Waals surface area contributed by atoms with Crippen molar-refractivity contribution in [1.82, 2.24) is 0 Å². The summed E-state index contributed by atoms with van der Waals surface area (Å²) >= 11 is 0. The molecule has 6 nitrogen and oxygen atoms in total. The number of ether oxygens (including phenoxy) is 1. The number of carboxylic acids is 1. The first-order valence-corrected chi connectivity index (χ1v) is 9.36. The van der Waals surface area contributed by atoms with Crippen LogP contribution in [-0.2, 0) is 19.9 Å². The molecule has 3 rings (SSSR count). The molecule has 26 heavy (non-hydrogen) atoms. The third-order valence-electron chi connectivity index (χ3n) is 5.89. The molecule has 0 amide bonds. The van der Waals surface area contributed by atoms with E-state index in [0.29, 0.717) is 25.1 Å².